The second-order valence-electron chi connectivity index (χ2n) is 2.91. The van der Waals surface area contributed by atoms with Crippen LogP contribution in [0, 0.1) is 12.3 Å². The number of hydrogen-bond donors (Lipinski definition) is 2. The summed E-state index contributed by atoms with van der Waals surface area (Å²) in [5, 5.41) is 7.26. The van der Waals surface area contributed by atoms with Crippen LogP contribution >= 0.6 is 0 Å². The van der Waals surface area contributed by atoms with E-state index in [0.717, 1.165) is 12.0 Å². The molecule has 0 bridgehead atoms. The van der Waals surface area contributed by atoms with Crippen molar-refractivity contribution in [1.82, 2.24) is 0 Å². The number of nitrogens with two attached hydrogens (primary N) is 1. The van der Waals surface area contributed by atoms with Crippen molar-refractivity contribution < 1.29 is 0 Å². The first-order valence-corrected chi connectivity index (χ1v) is 4.09. The predicted octanol–water partition coefficient (Wildman–Crippen LogP) is 1.84. The monoisotopic (exact) mass is 162 g/mol. The summed E-state index contributed by atoms with van der Waals surface area (Å²) in [5.41, 5.74) is 8.72. The molecule has 0 saturated carbocycles. The highest BCUT2D eigenvalue weighted by Crippen LogP contribution is 2.11. The minimum absolute atomic E-state index is 0.143. The summed E-state index contributed by atoms with van der Waals surface area (Å²) in [6, 6.07) is 5.88. The highest BCUT2D eigenvalue weighted by molar-refractivity contribution is 5.95. The van der Waals surface area contributed by atoms with E-state index in [1.54, 1.807) is 0 Å². The third-order valence-electron chi connectivity index (χ3n) is 2.04. The summed E-state index contributed by atoms with van der Waals surface area (Å²) in [7, 11) is 0. The van der Waals surface area contributed by atoms with Crippen molar-refractivity contribution in [2.24, 2.45) is 5.73 Å². The largest absolute Gasteiger partial charge is 0.384 e. The average Bonchev–Trinajstić information content (AvgIpc) is 2.05. The molecule has 0 atom stereocenters. The molecular weight excluding hydrogens is 148 g/mol. The summed E-state index contributed by atoms with van der Waals surface area (Å²) in [6.07, 6.45) is 0.993. The van der Waals surface area contributed by atoms with E-state index in [0.29, 0.717) is 0 Å². The third kappa shape index (κ3) is 1.64. The molecule has 3 N–H and O–H groups in total. The van der Waals surface area contributed by atoms with Crippen molar-refractivity contribution in [2.75, 3.05) is 0 Å². The third-order valence-corrected chi connectivity index (χ3v) is 2.04. The van der Waals surface area contributed by atoms with Crippen LogP contribution in [-0.2, 0) is 6.42 Å². The lowest BCUT2D eigenvalue weighted by molar-refractivity contribution is 1.11. The van der Waals surface area contributed by atoms with Crippen LogP contribution in [0.4, 0.5) is 0 Å². The van der Waals surface area contributed by atoms with Crippen LogP contribution in [0.2, 0.25) is 0 Å². The topological polar surface area (TPSA) is 49.9 Å². The number of hydrogen-bond acceptors (Lipinski definition) is 1. The smallest absolute Gasteiger partial charge is 0.122 e. The van der Waals surface area contributed by atoms with E-state index in [1.165, 1.54) is 11.1 Å². The quantitative estimate of drug-likeness (QED) is 0.506. The Hall–Kier alpha value is -1.31. The Kier molecular flexibility index (Phi) is 2.48. The van der Waals surface area contributed by atoms with Gasteiger partial charge < -0.3 is 5.73 Å². The summed E-state index contributed by atoms with van der Waals surface area (Å²) < 4.78 is 0. The molecule has 0 spiro atoms. The van der Waals surface area contributed by atoms with Gasteiger partial charge >= 0.3 is 0 Å². The van der Waals surface area contributed by atoms with Crippen molar-refractivity contribution in [1.29, 1.82) is 5.41 Å². The summed E-state index contributed by atoms with van der Waals surface area (Å²) in [5.74, 6) is 0.143. The van der Waals surface area contributed by atoms with Gasteiger partial charge in [-0.2, -0.15) is 0 Å². The lowest BCUT2D eigenvalue weighted by atomic mass is 10.0. The first-order valence-electron chi connectivity index (χ1n) is 4.09. The second kappa shape index (κ2) is 3.39. The number of amidine groups is 1. The molecule has 0 aromatic heterocycles. The van der Waals surface area contributed by atoms with E-state index >= 15 is 0 Å². The summed E-state index contributed by atoms with van der Waals surface area (Å²) in [6.45, 7) is 4.18. The fraction of sp³-hybridized carbons (Fsp3) is 0.300. The highest BCUT2D eigenvalue weighted by Gasteiger charge is 1.99. The van der Waals surface area contributed by atoms with Gasteiger partial charge in [-0.25, -0.2) is 0 Å². The fourth-order valence-electron chi connectivity index (χ4n) is 1.22. The first kappa shape index (κ1) is 8.78. The molecular formula is C10H14N2. The molecule has 1 aromatic rings. The minimum Gasteiger partial charge on any atom is -0.384 e. The van der Waals surface area contributed by atoms with Gasteiger partial charge in [0.1, 0.15) is 5.84 Å². The van der Waals surface area contributed by atoms with Crippen molar-refractivity contribution in [3.8, 4) is 0 Å². The normalized spacial score (nSPS) is 9.83. The molecule has 0 radical (unpaired) electrons. The Morgan fingerprint density at radius 2 is 2.17 bits per heavy atom. The standard InChI is InChI=1S/C10H14N2/c1-3-8-6-9(10(11)12)5-4-7(8)2/h4-6H,3H2,1-2H3,(H3,11,12). The zero-order chi connectivity index (χ0) is 9.14. The van der Waals surface area contributed by atoms with E-state index in [9.17, 15) is 0 Å². The molecule has 0 amide bonds. The lowest BCUT2D eigenvalue weighted by Gasteiger charge is -2.04. The Morgan fingerprint density at radius 1 is 1.50 bits per heavy atom. The molecule has 0 saturated heterocycles. The Labute approximate surface area is 72.9 Å². The van der Waals surface area contributed by atoms with Gasteiger partial charge in [-0.15, -0.1) is 0 Å². The zero-order valence-corrected chi connectivity index (χ0v) is 7.52. The molecule has 0 fully saturated rings. The lowest BCUT2D eigenvalue weighted by Crippen LogP contribution is -2.11. The average molecular weight is 162 g/mol. The molecule has 0 aliphatic heterocycles. The van der Waals surface area contributed by atoms with Gasteiger partial charge in [-0.3, -0.25) is 5.41 Å². The molecule has 2 heteroatoms. The van der Waals surface area contributed by atoms with Crippen molar-refractivity contribution in [3.05, 3.63) is 34.9 Å². The van der Waals surface area contributed by atoms with Crippen LogP contribution in [0.3, 0.4) is 0 Å². The van der Waals surface area contributed by atoms with Gasteiger partial charge in [0, 0.05) is 5.56 Å². The van der Waals surface area contributed by atoms with E-state index in [1.807, 2.05) is 18.2 Å². The van der Waals surface area contributed by atoms with Crippen LogP contribution in [-0.4, -0.2) is 5.84 Å². The maximum absolute atomic E-state index is 7.26. The van der Waals surface area contributed by atoms with Crippen molar-refractivity contribution in [3.63, 3.8) is 0 Å². The van der Waals surface area contributed by atoms with Crippen LogP contribution in [0.25, 0.3) is 0 Å². The van der Waals surface area contributed by atoms with Crippen molar-refractivity contribution >= 4 is 5.84 Å². The molecule has 0 aliphatic rings. The first-order chi connectivity index (χ1) is 5.65. The molecule has 0 aliphatic carbocycles. The summed E-state index contributed by atoms with van der Waals surface area (Å²) in [4.78, 5) is 0. The number of nitrogens with one attached hydrogen (secondary N) is 1. The van der Waals surface area contributed by atoms with E-state index in [4.69, 9.17) is 11.1 Å². The Morgan fingerprint density at radius 3 is 2.67 bits per heavy atom. The zero-order valence-electron chi connectivity index (χ0n) is 7.52. The highest BCUT2D eigenvalue weighted by atomic mass is 14.7. The Bertz CT molecular complexity index is 303. The van der Waals surface area contributed by atoms with Crippen LogP contribution < -0.4 is 5.73 Å². The van der Waals surface area contributed by atoms with Crippen LogP contribution in [0.15, 0.2) is 18.2 Å². The molecule has 1 rings (SSSR count). The SMILES string of the molecule is CCc1cc(C(=N)N)ccc1C. The van der Waals surface area contributed by atoms with E-state index < -0.39 is 0 Å². The number of nitrogen functional groups attached to an aromatic ring is 1. The minimum atomic E-state index is 0.143. The molecule has 2 nitrogen and oxygen atoms in total. The van der Waals surface area contributed by atoms with Gasteiger partial charge in [0.25, 0.3) is 0 Å². The maximum atomic E-state index is 7.26. The molecule has 0 unspecified atom stereocenters. The van der Waals surface area contributed by atoms with Crippen molar-refractivity contribution in [2.45, 2.75) is 20.3 Å². The Balaban J connectivity index is 3.13. The van der Waals surface area contributed by atoms with E-state index in [-0.39, 0.29) is 5.84 Å². The van der Waals surface area contributed by atoms with Gasteiger partial charge in [-0.05, 0) is 30.5 Å². The van der Waals surface area contributed by atoms with Gasteiger partial charge in [0.2, 0.25) is 0 Å². The number of benzene rings is 1. The number of rotatable bonds is 2. The van der Waals surface area contributed by atoms with Crippen LogP contribution in [0.1, 0.15) is 23.6 Å². The molecule has 1 aromatic carbocycles. The van der Waals surface area contributed by atoms with Gasteiger partial charge in [-0.1, -0.05) is 19.1 Å². The molecule has 12 heavy (non-hydrogen) atoms. The summed E-state index contributed by atoms with van der Waals surface area (Å²) >= 11 is 0. The second-order valence-corrected chi connectivity index (χ2v) is 2.91. The van der Waals surface area contributed by atoms with E-state index in [2.05, 4.69) is 13.8 Å². The van der Waals surface area contributed by atoms with Gasteiger partial charge in [0.05, 0.1) is 0 Å². The fourth-order valence-corrected chi connectivity index (χ4v) is 1.22. The van der Waals surface area contributed by atoms with Crippen LogP contribution in [0.5, 0.6) is 0 Å². The van der Waals surface area contributed by atoms with Gasteiger partial charge in [0.15, 0.2) is 0 Å². The predicted molar refractivity (Wildman–Crippen MR) is 51.6 cm³/mol. The number of aryl methyl sites for hydroxylation is 2. The molecule has 0 heterocycles. The molecule has 64 valence electrons. The maximum Gasteiger partial charge on any atom is 0.122 e.